The second-order valence-corrected chi connectivity index (χ2v) is 5.38. The average molecular weight is 225 g/mol. The van der Waals surface area contributed by atoms with Crippen molar-refractivity contribution < 1.29 is 9.90 Å². The minimum atomic E-state index is -0.628. The molecule has 1 saturated heterocycles. The summed E-state index contributed by atoms with van der Waals surface area (Å²) in [5, 5.41) is 12.6. The van der Waals surface area contributed by atoms with E-state index in [2.05, 4.69) is 5.32 Å². The highest BCUT2D eigenvalue weighted by Gasteiger charge is 2.33. The Bertz CT molecular complexity index is 236. The zero-order chi connectivity index (χ0) is 11.4. The van der Waals surface area contributed by atoms with Gasteiger partial charge >= 0.3 is 5.97 Å². The highest BCUT2D eigenvalue weighted by atomic mass is 16.4. The molecule has 0 bridgehead atoms. The Hall–Kier alpha value is -0.570. The van der Waals surface area contributed by atoms with Gasteiger partial charge in [-0.3, -0.25) is 4.79 Å². The predicted molar refractivity (Wildman–Crippen MR) is 63.3 cm³/mol. The number of rotatable bonds is 3. The lowest BCUT2D eigenvalue weighted by Gasteiger charge is -2.30. The lowest BCUT2D eigenvalue weighted by molar-refractivity contribution is -0.138. The third-order valence-electron chi connectivity index (χ3n) is 4.23. The third kappa shape index (κ3) is 2.97. The van der Waals surface area contributed by atoms with Gasteiger partial charge in [-0.15, -0.1) is 0 Å². The molecular formula is C13H23NO2. The van der Waals surface area contributed by atoms with Crippen LogP contribution in [0.4, 0.5) is 0 Å². The predicted octanol–water partition coefficient (Wildman–Crippen LogP) is 2.41. The fourth-order valence-electron chi connectivity index (χ4n) is 3.47. The van der Waals surface area contributed by atoms with Gasteiger partial charge in [0.25, 0.3) is 0 Å². The number of aliphatic carboxylic acids is 1. The number of hydrogen-bond donors (Lipinski definition) is 2. The van der Waals surface area contributed by atoms with Crippen molar-refractivity contribution in [3.8, 4) is 0 Å². The van der Waals surface area contributed by atoms with E-state index in [9.17, 15) is 4.79 Å². The molecule has 0 aromatic carbocycles. The fraction of sp³-hybridized carbons (Fsp3) is 0.923. The Labute approximate surface area is 97.6 Å². The summed E-state index contributed by atoms with van der Waals surface area (Å²) in [4.78, 5) is 10.9. The molecule has 16 heavy (non-hydrogen) atoms. The summed E-state index contributed by atoms with van der Waals surface area (Å²) in [5.74, 6) is 0.474. The van der Waals surface area contributed by atoms with Crippen molar-refractivity contribution in [2.24, 2.45) is 11.8 Å². The number of carboxylic acids is 1. The van der Waals surface area contributed by atoms with Gasteiger partial charge in [0.05, 0.1) is 0 Å². The molecule has 1 heterocycles. The first-order chi connectivity index (χ1) is 7.77. The van der Waals surface area contributed by atoms with Crippen LogP contribution in [0.5, 0.6) is 0 Å². The molecule has 1 saturated carbocycles. The molecule has 1 aliphatic heterocycles. The summed E-state index contributed by atoms with van der Waals surface area (Å²) in [5.41, 5.74) is 0. The molecule has 0 aromatic heterocycles. The molecule has 0 radical (unpaired) electrons. The lowest BCUT2D eigenvalue weighted by Crippen LogP contribution is -2.41. The molecule has 0 unspecified atom stereocenters. The monoisotopic (exact) mass is 225 g/mol. The van der Waals surface area contributed by atoms with E-state index in [0.717, 1.165) is 18.9 Å². The summed E-state index contributed by atoms with van der Waals surface area (Å²) in [7, 11) is 0. The van der Waals surface area contributed by atoms with E-state index in [0.29, 0.717) is 18.4 Å². The maximum Gasteiger partial charge on any atom is 0.303 e. The normalized spacial score (nSPS) is 32.5. The van der Waals surface area contributed by atoms with Gasteiger partial charge in [0.2, 0.25) is 0 Å². The average Bonchev–Trinajstić information content (AvgIpc) is 2.66. The van der Waals surface area contributed by atoms with Crippen LogP contribution in [0.15, 0.2) is 0 Å². The molecule has 2 rings (SSSR count). The van der Waals surface area contributed by atoms with Gasteiger partial charge in [-0.25, -0.2) is 0 Å². The molecule has 2 fully saturated rings. The Kier molecular flexibility index (Phi) is 4.22. The van der Waals surface area contributed by atoms with E-state index in [1.807, 2.05) is 0 Å². The Morgan fingerprint density at radius 1 is 1.12 bits per heavy atom. The second-order valence-electron chi connectivity index (χ2n) is 5.38. The number of carboxylic acid groups (broad SMARTS) is 1. The first-order valence-corrected chi connectivity index (χ1v) is 6.72. The highest BCUT2D eigenvalue weighted by molar-refractivity contribution is 5.67. The van der Waals surface area contributed by atoms with Crippen LogP contribution in [-0.4, -0.2) is 23.7 Å². The quantitative estimate of drug-likeness (QED) is 0.775. The van der Waals surface area contributed by atoms with E-state index < -0.39 is 5.97 Å². The second kappa shape index (κ2) is 5.67. The minimum Gasteiger partial charge on any atom is -0.481 e. The zero-order valence-electron chi connectivity index (χ0n) is 9.95. The van der Waals surface area contributed by atoms with E-state index in [-0.39, 0.29) is 0 Å². The van der Waals surface area contributed by atoms with Gasteiger partial charge in [0.15, 0.2) is 0 Å². The van der Waals surface area contributed by atoms with Gasteiger partial charge in [0, 0.05) is 12.5 Å². The molecule has 3 nitrogen and oxygen atoms in total. The van der Waals surface area contributed by atoms with Crippen molar-refractivity contribution in [3.63, 3.8) is 0 Å². The summed E-state index contributed by atoms with van der Waals surface area (Å²) >= 11 is 0. The van der Waals surface area contributed by atoms with Crippen LogP contribution < -0.4 is 5.32 Å². The van der Waals surface area contributed by atoms with Gasteiger partial charge < -0.3 is 10.4 Å². The van der Waals surface area contributed by atoms with E-state index in [1.54, 1.807) is 0 Å². The van der Waals surface area contributed by atoms with Crippen LogP contribution >= 0.6 is 0 Å². The van der Waals surface area contributed by atoms with Crippen molar-refractivity contribution in [1.29, 1.82) is 0 Å². The molecule has 0 aromatic rings. The molecule has 2 N–H and O–H groups in total. The van der Waals surface area contributed by atoms with Crippen molar-refractivity contribution in [1.82, 2.24) is 5.32 Å². The van der Waals surface area contributed by atoms with Crippen LogP contribution in [0.3, 0.4) is 0 Å². The lowest BCUT2D eigenvalue weighted by atomic mass is 9.83. The van der Waals surface area contributed by atoms with Crippen molar-refractivity contribution >= 4 is 5.97 Å². The first kappa shape index (κ1) is 11.9. The Morgan fingerprint density at radius 3 is 2.50 bits per heavy atom. The van der Waals surface area contributed by atoms with Crippen molar-refractivity contribution in [2.45, 2.75) is 57.4 Å². The first-order valence-electron chi connectivity index (χ1n) is 6.72. The zero-order valence-corrected chi connectivity index (χ0v) is 9.95. The van der Waals surface area contributed by atoms with Crippen molar-refractivity contribution in [2.75, 3.05) is 6.54 Å². The van der Waals surface area contributed by atoms with Crippen LogP contribution in [-0.2, 0) is 4.79 Å². The summed E-state index contributed by atoms with van der Waals surface area (Å²) in [6.07, 6.45) is 9.12. The summed E-state index contributed by atoms with van der Waals surface area (Å²) < 4.78 is 0. The topological polar surface area (TPSA) is 49.3 Å². The van der Waals surface area contributed by atoms with E-state index in [4.69, 9.17) is 5.11 Å². The number of hydrogen-bond acceptors (Lipinski definition) is 2. The third-order valence-corrected chi connectivity index (χ3v) is 4.23. The number of nitrogens with one attached hydrogen (secondary N) is 1. The number of carbonyl (C=O) groups is 1. The van der Waals surface area contributed by atoms with Crippen molar-refractivity contribution in [3.05, 3.63) is 0 Å². The molecule has 2 aliphatic rings. The van der Waals surface area contributed by atoms with Gasteiger partial charge in [0.1, 0.15) is 0 Å². The molecule has 92 valence electrons. The van der Waals surface area contributed by atoms with Gasteiger partial charge in [-0.05, 0) is 44.1 Å². The smallest absolute Gasteiger partial charge is 0.303 e. The van der Waals surface area contributed by atoms with Crippen LogP contribution in [0.2, 0.25) is 0 Å². The molecule has 3 heteroatoms. The SMILES string of the molecule is O=C(O)C[C@H]1CCCCN[C@@H]1C1CCCC1. The van der Waals surface area contributed by atoms with Gasteiger partial charge in [-0.2, -0.15) is 0 Å². The van der Waals surface area contributed by atoms with Crippen LogP contribution in [0.1, 0.15) is 51.4 Å². The molecule has 0 spiro atoms. The van der Waals surface area contributed by atoms with Gasteiger partial charge in [-0.1, -0.05) is 19.3 Å². The fourth-order valence-corrected chi connectivity index (χ4v) is 3.47. The van der Waals surface area contributed by atoms with E-state index >= 15 is 0 Å². The van der Waals surface area contributed by atoms with E-state index in [1.165, 1.54) is 38.5 Å². The highest BCUT2D eigenvalue weighted by Crippen LogP contribution is 2.34. The Morgan fingerprint density at radius 2 is 1.81 bits per heavy atom. The summed E-state index contributed by atoms with van der Waals surface area (Å²) in [6.45, 7) is 1.08. The maximum atomic E-state index is 10.9. The molecular weight excluding hydrogens is 202 g/mol. The Balaban J connectivity index is 1.99. The summed E-state index contributed by atoms with van der Waals surface area (Å²) in [6, 6.07) is 0.473. The maximum absolute atomic E-state index is 10.9. The molecule has 1 aliphatic carbocycles. The van der Waals surface area contributed by atoms with Crippen LogP contribution in [0, 0.1) is 11.8 Å². The standard InChI is InChI=1S/C13H23NO2/c15-12(16)9-11-7-3-4-8-14-13(11)10-5-1-2-6-10/h10-11,13-14H,1-9H2,(H,15,16)/t11-,13-/m1/s1. The molecule has 0 amide bonds. The molecule has 2 atom stereocenters. The minimum absolute atomic E-state index is 0.355. The largest absolute Gasteiger partial charge is 0.481 e. The van der Waals surface area contributed by atoms with Crippen LogP contribution in [0.25, 0.3) is 0 Å².